The molecule has 5 heteroatoms. The molecule has 0 aromatic heterocycles. The summed E-state index contributed by atoms with van der Waals surface area (Å²) >= 11 is 0. The minimum atomic E-state index is -0.962. The van der Waals surface area contributed by atoms with Crippen LogP contribution in [0.3, 0.4) is 0 Å². The van der Waals surface area contributed by atoms with Crippen LogP contribution in [0.2, 0.25) is 0 Å². The number of carbonyl (C=O) groups is 3. The molecule has 5 nitrogen and oxygen atoms in total. The van der Waals surface area contributed by atoms with Crippen LogP contribution < -0.4 is 0 Å². The highest BCUT2D eigenvalue weighted by Gasteiger charge is 2.37. The van der Waals surface area contributed by atoms with Gasteiger partial charge in [-0.1, -0.05) is 20.8 Å². The van der Waals surface area contributed by atoms with E-state index in [0.29, 0.717) is 6.42 Å². The number of imide groups is 1. The number of aliphatic carboxylic acids is 1. The quantitative estimate of drug-likeness (QED) is 0.721. The first kappa shape index (κ1) is 12.7. The van der Waals surface area contributed by atoms with E-state index in [1.165, 1.54) is 4.90 Å². The molecule has 1 N–H and O–H groups in total. The lowest BCUT2D eigenvalue weighted by Crippen LogP contribution is -2.48. The Balaban J connectivity index is 2.72. The van der Waals surface area contributed by atoms with Gasteiger partial charge in [0.25, 0.3) is 0 Å². The molecule has 1 rings (SSSR count). The minimum Gasteiger partial charge on any atom is -0.481 e. The first-order chi connectivity index (χ1) is 7.23. The molecule has 0 bridgehead atoms. The predicted octanol–water partition coefficient (Wildman–Crippen LogP) is 0.882. The second kappa shape index (κ2) is 4.23. The Labute approximate surface area is 94.4 Å². The van der Waals surface area contributed by atoms with Gasteiger partial charge < -0.3 is 5.11 Å². The number of nitrogens with zero attached hydrogens (tertiary/aromatic N) is 1. The maximum Gasteiger partial charge on any atom is 0.307 e. The number of carbonyl (C=O) groups excluding carboxylic acids is 2. The summed E-state index contributed by atoms with van der Waals surface area (Å²) in [5, 5.41) is 8.79. The number of rotatable bonds is 1. The lowest BCUT2D eigenvalue weighted by Gasteiger charge is -2.32. The van der Waals surface area contributed by atoms with E-state index in [2.05, 4.69) is 0 Å². The van der Waals surface area contributed by atoms with Crippen LogP contribution in [0.4, 0.5) is 0 Å². The third-order valence-corrected chi connectivity index (χ3v) is 2.66. The molecule has 0 aromatic rings. The molecule has 2 amide bonds. The van der Waals surface area contributed by atoms with Crippen LogP contribution in [-0.4, -0.2) is 34.3 Å². The van der Waals surface area contributed by atoms with Crippen LogP contribution in [0.1, 0.15) is 33.6 Å². The zero-order valence-electron chi connectivity index (χ0n) is 9.82. The first-order valence-electron chi connectivity index (χ1n) is 5.31. The van der Waals surface area contributed by atoms with Crippen LogP contribution in [0.15, 0.2) is 0 Å². The maximum absolute atomic E-state index is 11.9. The minimum absolute atomic E-state index is 0.0723. The molecular weight excluding hydrogens is 210 g/mol. The van der Waals surface area contributed by atoms with Gasteiger partial charge in [0.05, 0.1) is 5.92 Å². The van der Waals surface area contributed by atoms with E-state index in [4.69, 9.17) is 5.11 Å². The molecule has 1 aliphatic rings. The van der Waals surface area contributed by atoms with Crippen molar-refractivity contribution in [2.45, 2.75) is 33.6 Å². The highest BCUT2D eigenvalue weighted by Crippen LogP contribution is 2.24. The van der Waals surface area contributed by atoms with Crippen molar-refractivity contribution in [1.29, 1.82) is 0 Å². The summed E-state index contributed by atoms with van der Waals surface area (Å²) in [6.07, 6.45) is 0.278. The van der Waals surface area contributed by atoms with Crippen molar-refractivity contribution >= 4 is 17.8 Å². The highest BCUT2D eigenvalue weighted by atomic mass is 16.4. The molecule has 1 unspecified atom stereocenters. The normalized spacial score (nSPS) is 22.1. The summed E-state index contributed by atoms with van der Waals surface area (Å²) in [5.74, 6) is -2.22. The first-order valence-corrected chi connectivity index (χ1v) is 5.31. The second-order valence-electron chi connectivity index (χ2n) is 5.13. The molecular formula is C11H17NO4. The number of amides is 2. The van der Waals surface area contributed by atoms with Gasteiger partial charge in [0, 0.05) is 18.4 Å². The summed E-state index contributed by atoms with van der Waals surface area (Å²) < 4.78 is 0. The van der Waals surface area contributed by atoms with Crippen molar-refractivity contribution < 1.29 is 19.5 Å². The van der Waals surface area contributed by atoms with Gasteiger partial charge in [-0.3, -0.25) is 19.3 Å². The Hall–Kier alpha value is -1.39. The average molecular weight is 227 g/mol. The number of hydrogen-bond acceptors (Lipinski definition) is 3. The van der Waals surface area contributed by atoms with Gasteiger partial charge in [0.1, 0.15) is 0 Å². The molecule has 90 valence electrons. The SMILES string of the molecule is CC(C)(C)C(=O)N1CCC(C(=O)O)CC1=O. The van der Waals surface area contributed by atoms with Gasteiger partial charge in [-0.25, -0.2) is 0 Å². The standard InChI is InChI=1S/C11H17NO4/c1-11(2,3)10(16)12-5-4-7(9(14)15)6-8(12)13/h7H,4-6H2,1-3H3,(H,14,15). The van der Waals surface area contributed by atoms with Crippen LogP contribution >= 0.6 is 0 Å². The summed E-state index contributed by atoms with van der Waals surface area (Å²) in [6, 6.07) is 0. The van der Waals surface area contributed by atoms with Gasteiger partial charge in [0.15, 0.2) is 0 Å². The van der Waals surface area contributed by atoms with E-state index in [9.17, 15) is 14.4 Å². The molecule has 1 atom stereocenters. The second-order valence-corrected chi connectivity index (χ2v) is 5.13. The van der Waals surface area contributed by atoms with E-state index in [-0.39, 0.29) is 24.8 Å². The lowest BCUT2D eigenvalue weighted by atomic mass is 9.91. The molecule has 1 aliphatic heterocycles. The average Bonchev–Trinajstić information content (AvgIpc) is 2.15. The third-order valence-electron chi connectivity index (χ3n) is 2.66. The molecule has 1 saturated heterocycles. The fraction of sp³-hybridized carbons (Fsp3) is 0.727. The van der Waals surface area contributed by atoms with Crippen LogP contribution in [-0.2, 0) is 14.4 Å². The summed E-state index contributed by atoms with van der Waals surface area (Å²) in [7, 11) is 0. The Morgan fingerprint density at radius 3 is 2.31 bits per heavy atom. The van der Waals surface area contributed by atoms with Crippen molar-refractivity contribution in [2.75, 3.05) is 6.54 Å². The molecule has 0 spiro atoms. The van der Waals surface area contributed by atoms with Crippen LogP contribution in [0.25, 0.3) is 0 Å². The van der Waals surface area contributed by atoms with Gasteiger partial charge in [0.2, 0.25) is 11.8 Å². The largest absolute Gasteiger partial charge is 0.481 e. The predicted molar refractivity (Wildman–Crippen MR) is 56.5 cm³/mol. The van der Waals surface area contributed by atoms with Crippen LogP contribution in [0, 0.1) is 11.3 Å². The molecule has 0 aromatic carbocycles. The molecule has 16 heavy (non-hydrogen) atoms. The zero-order chi connectivity index (χ0) is 12.5. The monoisotopic (exact) mass is 227 g/mol. The molecule has 0 aliphatic carbocycles. The summed E-state index contributed by atoms with van der Waals surface area (Å²) in [6.45, 7) is 5.44. The Morgan fingerprint density at radius 1 is 1.38 bits per heavy atom. The fourth-order valence-electron chi connectivity index (χ4n) is 1.66. The number of likely N-dealkylation sites (tertiary alicyclic amines) is 1. The molecule has 1 fully saturated rings. The van der Waals surface area contributed by atoms with Crippen molar-refractivity contribution in [1.82, 2.24) is 4.90 Å². The topological polar surface area (TPSA) is 74.7 Å². The molecule has 1 heterocycles. The van der Waals surface area contributed by atoms with E-state index < -0.39 is 17.3 Å². The van der Waals surface area contributed by atoms with Gasteiger partial charge in [-0.05, 0) is 6.42 Å². The fourth-order valence-corrected chi connectivity index (χ4v) is 1.66. The van der Waals surface area contributed by atoms with Crippen molar-refractivity contribution in [2.24, 2.45) is 11.3 Å². The smallest absolute Gasteiger partial charge is 0.307 e. The highest BCUT2D eigenvalue weighted by molar-refractivity contribution is 5.99. The Kier molecular flexibility index (Phi) is 3.35. The Morgan fingerprint density at radius 2 is 1.94 bits per heavy atom. The summed E-state index contributed by atoms with van der Waals surface area (Å²) in [4.78, 5) is 35.4. The summed E-state index contributed by atoms with van der Waals surface area (Å²) in [5.41, 5.74) is -0.605. The van der Waals surface area contributed by atoms with E-state index in [1.54, 1.807) is 20.8 Å². The zero-order valence-corrected chi connectivity index (χ0v) is 9.82. The number of carboxylic acids is 1. The van der Waals surface area contributed by atoms with E-state index in [0.717, 1.165) is 0 Å². The molecule has 0 saturated carbocycles. The van der Waals surface area contributed by atoms with Gasteiger partial charge >= 0.3 is 5.97 Å². The van der Waals surface area contributed by atoms with Crippen molar-refractivity contribution in [3.63, 3.8) is 0 Å². The number of piperidine rings is 1. The molecule has 0 radical (unpaired) electrons. The maximum atomic E-state index is 11.9. The third kappa shape index (κ3) is 2.59. The van der Waals surface area contributed by atoms with Crippen molar-refractivity contribution in [3.8, 4) is 0 Å². The number of hydrogen-bond donors (Lipinski definition) is 1. The Bertz CT molecular complexity index is 329. The van der Waals surface area contributed by atoms with Crippen molar-refractivity contribution in [3.05, 3.63) is 0 Å². The van der Waals surface area contributed by atoms with E-state index >= 15 is 0 Å². The van der Waals surface area contributed by atoms with Gasteiger partial charge in [-0.15, -0.1) is 0 Å². The van der Waals surface area contributed by atoms with E-state index in [1.807, 2.05) is 0 Å². The number of carboxylic acid groups (broad SMARTS) is 1. The lowest BCUT2D eigenvalue weighted by molar-refractivity contribution is -0.158. The van der Waals surface area contributed by atoms with Crippen LogP contribution in [0.5, 0.6) is 0 Å². The van der Waals surface area contributed by atoms with Gasteiger partial charge in [-0.2, -0.15) is 0 Å².